The van der Waals surface area contributed by atoms with Crippen LogP contribution in [0, 0.1) is 0 Å². The predicted octanol–water partition coefficient (Wildman–Crippen LogP) is 2.06. The molecule has 6 nitrogen and oxygen atoms in total. The molecule has 3 rings (SSSR count). The molecule has 0 radical (unpaired) electrons. The number of rotatable bonds is 3. The first kappa shape index (κ1) is 15.9. The van der Waals surface area contributed by atoms with Crippen LogP contribution < -0.4 is 4.74 Å². The Morgan fingerprint density at radius 1 is 1.21 bits per heavy atom. The maximum absolute atomic E-state index is 12.7. The van der Waals surface area contributed by atoms with Gasteiger partial charge in [-0.3, -0.25) is 9.59 Å². The van der Waals surface area contributed by atoms with Gasteiger partial charge in [0, 0.05) is 6.42 Å². The maximum Gasteiger partial charge on any atom is 0.333 e. The van der Waals surface area contributed by atoms with Crippen molar-refractivity contribution in [3.63, 3.8) is 0 Å². The molecule has 1 atom stereocenters. The van der Waals surface area contributed by atoms with E-state index in [1.807, 2.05) is 0 Å². The number of aromatic hydroxyl groups is 2. The van der Waals surface area contributed by atoms with Gasteiger partial charge in [0.05, 0.1) is 6.61 Å². The standard InChI is InChI=1S/C18H16O6/c1-2-23-16(21)18(12-7-8-13(19)14(20)9-12)10-11-5-3-4-6-15(11)24-17(18)22/h3-9,19-20H,2,10H2,1H3. The van der Waals surface area contributed by atoms with E-state index in [9.17, 15) is 19.8 Å². The van der Waals surface area contributed by atoms with Gasteiger partial charge in [0.15, 0.2) is 16.9 Å². The fourth-order valence-corrected chi connectivity index (χ4v) is 2.83. The first-order valence-corrected chi connectivity index (χ1v) is 7.49. The topological polar surface area (TPSA) is 93.1 Å². The lowest BCUT2D eigenvalue weighted by molar-refractivity contribution is -0.161. The van der Waals surface area contributed by atoms with Crippen molar-refractivity contribution in [1.82, 2.24) is 0 Å². The van der Waals surface area contributed by atoms with Gasteiger partial charge in [0.25, 0.3) is 0 Å². The number of esters is 2. The molecule has 2 aromatic carbocycles. The molecule has 1 aliphatic rings. The Balaban J connectivity index is 2.18. The van der Waals surface area contributed by atoms with E-state index in [1.165, 1.54) is 18.2 Å². The SMILES string of the molecule is CCOC(=O)C1(c2ccc(O)c(O)c2)Cc2ccccc2OC1=O. The third-order valence-corrected chi connectivity index (χ3v) is 4.07. The molecule has 0 saturated carbocycles. The summed E-state index contributed by atoms with van der Waals surface area (Å²) < 4.78 is 10.5. The van der Waals surface area contributed by atoms with Crippen LogP contribution >= 0.6 is 0 Å². The van der Waals surface area contributed by atoms with Crippen molar-refractivity contribution in [2.75, 3.05) is 6.61 Å². The first-order valence-electron chi connectivity index (χ1n) is 7.49. The summed E-state index contributed by atoms with van der Waals surface area (Å²) in [6.07, 6.45) is 0.0467. The molecule has 2 N–H and O–H groups in total. The summed E-state index contributed by atoms with van der Waals surface area (Å²) in [5, 5.41) is 19.3. The second-order valence-electron chi connectivity index (χ2n) is 5.50. The van der Waals surface area contributed by atoms with E-state index in [-0.39, 0.29) is 24.3 Å². The normalized spacial score (nSPS) is 19.3. The summed E-state index contributed by atoms with van der Waals surface area (Å²) in [6.45, 7) is 1.74. The smallest absolute Gasteiger partial charge is 0.333 e. The quantitative estimate of drug-likeness (QED) is 0.388. The van der Waals surface area contributed by atoms with Crippen LogP contribution in [-0.2, 0) is 26.2 Å². The van der Waals surface area contributed by atoms with Crippen molar-refractivity contribution < 1.29 is 29.3 Å². The molecule has 24 heavy (non-hydrogen) atoms. The van der Waals surface area contributed by atoms with E-state index in [0.29, 0.717) is 11.3 Å². The highest BCUT2D eigenvalue weighted by molar-refractivity contribution is 6.08. The van der Waals surface area contributed by atoms with Gasteiger partial charge in [-0.1, -0.05) is 24.3 Å². The minimum atomic E-state index is -1.73. The van der Waals surface area contributed by atoms with Crippen LogP contribution in [0.3, 0.4) is 0 Å². The van der Waals surface area contributed by atoms with E-state index in [1.54, 1.807) is 31.2 Å². The average molecular weight is 328 g/mol. The number of hydrogen-bond acceptors (Lipinski definition) is 6. The Kier molecular flexibility index (Phi) is 3.89. The maximum atomic E-state index is 12.7. The highest BCUT2D eigenvalue weighted by Crippen LogP contribution is 2.41. The molecule has 1 unspecified atom stereocenters. The van der Waals surface area contributed by atoms with Crippen molar-refractivity contribution in [2.45, 2.75) is 18.8 Å². The number of carbonyl (C=O) groups excluding carboxylic acids is 2. The Morgan fingerprint density at radius 2 is 1.96 bits per heavy atom. The molecule has 1 heterocycles. The molecular weight excluding hydrogens is 312 g/mol. The Labute approximate surface area is 138 Å². The fourth-order valence-electron chi connectivity index (χ4n) is 2.83. The lowest BCUT2D eigenvalue weighted by Crippen LogP contribution is -2.51. The van der Waals surface area contributed by atoms with Crippen molar-refractivity contribution >= 4 is 11.9 Å². The summed E-state index contributed by atoms with van der Waals surface area (Å²) in [5.74, 6) is -1.91. The summed E-state index contributed by atoms with van der Waals surface area (Å²) in [4.78, 5) is 25.4. The third kappa shape index (κ3) is 2.36. The molecule has 0 fully saturated rings. The molecule has 0 bridgehead atoms. The van der Waals surface area contributed by atoms with Crippen LogP contribution in [0.5, 0.6) is 17.2 Å². The van der Waals surface area contributed by atoms with Crippen LogP contribution in [0.25, 0.3) is 0 Å². The Morgan fingerprint density at radius 3 is 2.67 bits per heavy atom. The van der Waals surface area contributed by atoms with Gasteiger partial charge in [-0.25, -0.2) is 0 Å². The number of phenolic OH excluding ortho intramolecular Hbond substituents is 2. The molecule has 124 valence electrons. The highest BCUT2D eigenvalue weighted by Gasteiger charge is 2.53. The van der Waals surface area contributed by atoms with Crippen LogP contribution in [0.15, 0.2) is 42.5 Å². The van der Waals surface area contributed by atoms with E-state index in [4.69, 9.17) is 9.47 Å². The van der Waals surface area contributed by atoms with E-state index >= 15 is 0 Å². The summed E-state index contributed by atoms with van der Waals surface area (Å²) in [6, 6.07) is 10.7. The van der Waals surface area contributed by atoms with Crippen LogP contribution in [-0.4, -0.2) is 28.8 Å². The predicted molar refractivity (Wildman–Crippen MR) is 83.9 cm³/mol. The van der Waals surface area contributed by atoms with Gasteiger partial charge < -0.3 is 19.7 Å². The van der Waals surface area contributed by atoms with Gasteiger partial charge in [0.1, 0.15) is 5.75 Å². The lowest BCUT2D eigenvalue weighted by atomic mass is 9.74. The molecule has 0 amide bonds. The van der Waals surface area contributed by atoms with E-state index < -0.39 is 23.1 Å². The van der Waals surface area contributed by atoms with Crippen LogP contribution in [0.4, 0.5) is 0 Å². The largest absolute Gasteiger partial charge is 0.504 e. The zero-order valence-corrected chi connectivity index (χ0v) is 13.0. The van der Waals surface area contributed by atoms with Crippen LogP contribution in [0.1, 0.15) is 18.1 Å². The molecule has 0 aromatic heterocycles. The minimum Gasteiger partial charge on any atom is -0.504 e. The molecule has 0 saturated heterocycles. The number of fused-ring (bicyclic) bond motifs is 1. The van der Waals surface area contributed by atoms with Gasteiger partial charge >= 0.3 is 11.9 Å². The van der Waals surface area contributed by atoms with E-state index in [0.717, 1.165) is 0 Å². The Hall–Kier alpha value is -3.02. The Bertz CT molecular complexity index is 813. The average Bonchev–Trinajstić information content (AvgIpc) is 2.57. The number of carbonyl (C=O) groups is 2. The van der Waals surface area contributed by atoms with E-state index in [2.05, 4.69) is 0 Å². The number of para-hydroxylation sites is 1. The van der Waals surface area contributed by atoms with Crippen LogP contribution in [0.2, 0.25) is 0 Å². The molecule has 1 aliphatic heterocycles. The second kappa shape index (κ2) is 5.88. The number of hydrogen-bond donors (Lipinski definition) is 2. The summed E-state index contributed by atoms with van der Waals surface area (Å²) >= 11 is 0. The lowest BCUT2D eigenvalue weighted by Gasteiger charge is -2.34. The van der Waals surface area contributed by atoms with Crippen molar-refractivity contribution in [3.05, 3.63) is 53.6 Å². The number of phenols is 2. The molecule has 0 spiro atoms. The zero-order chi connectivity index (χ0) is 17.3. The summed E-state index contributed by atoms with van der Waals surface area (Å²) in [5.41, 5.74) is -0.844. The molecular formula is C18H16O6. The third-order valence-electron chi connectivity index (χ3n) is 4.07. The number of ether oxygens (including phenoxy) is 2. The zero-order valence-electron chi connectivity index (χ0n) is 13.0. The van der Waals surface area contributed by atoms with Gasteiger partial charge in [-0.2, -0.15) is 0 Å². The molecule has 0 aliphatic carbocycles. The highest BCUT2D eigenvalue weighted by atomic mass is 16.6. The monoisotopic (exact) mass is 328 g/mol. The van der Waals surface area contributed by atoms with Crippen molar-refractivity contribution in [3.8, 4) is 17.2 Å². The van der Waals surface area contributed by atoms with Gasteiger partial charge in [-0.05, 0) is 36.2 Å². The first-order chi connectivity index (χ1) is 11.5. The van der Waals surface area contributed by atoms with Crippen molar-refractivity contribution in [2.24, 2.45) is 0 Å². The summed E-state index contributed by atoms with van der Waals surface area (Å²) in [7, 11) is 0. The van der Waals surface area contributed by atoms with Crippen molar-refractivity contribution in [1.29, 1.82) is 0 Å². The molecule has 2 aromatic rings. The molecule has 6 heteroatoms. The van der Waals surface area contributed by atoms with Gasteiger partial charge in [0.2, 0.25) is 0 Å². The number of benzene rings is 2. The van der Waals surface area contributed by atoms with Gasteiger partial charge in [-0.15, -0.1) is 0 Å². The second-order valence-corrected chi connectivity index (χ2v) is 5.50. The fraction of sp³-hybridized carbons (Fsp3) is 0.222. The minimum absolute atomic E-state index is 0.0467.